The van der Waals surface area contributed by atoms with Crippen molar-refractivity contribution in [2.45, 2.75) is 6.42 Å². The number of carbonyl (C=O) groups excluding carboxylic acids is 1. The summed E-state index contributed by atoms with van der Waals surface area (Å²) in [5.41, 5.74) is 0. The Morgan fingerprint density at radius 3 is 2.36 bits per heavy atom. The van der Waals surface area contributed by atoms with E-state index in [1.165, 1.54) is 0 Å². The van der Waals surface area contributed by atoms with E-state index in [1.54, 1.807) is 0 Å². The highest BCUT2D eigenvalue weighted by atomic mass is 16.7. The summed E-state index contributed by atoms with van der Waals surface area (Å²) in [6.07, 6.45) is -0.705. The van der Waals surface area contributed by atoms with E-state index in [4.69, 9.17) is 0 Å². The van der Waals surface area contributed by atoms with Gasteiger partial charge in [-0.15, -0.1) is 0 Å². The number of rotatable bonds is 4. The van der Waals surface area contributed by atoms with Crippen LogP contribution < -0.4 is 5.11 Å². The summed E-state index contributed by atoms with van der Waals surface area (Å²) >= 11 is 0. The Morgan fingerprint density at radius 1 is 1.45 bits per heavy atom. The molecular weight excluding hydrogens is 146 g/mol. The van der Waals surface area contributed by atoms with E-state index in [-0.39, 0.29) is 6.61 Å². The molecule has 11 heavy (non-hydrogen) atoms. The highest BCUT2D eigenvalue weighted by molar-refractivity contribution is 5.53. The summed E-state index contributed by atoms with van der Waals surface area (Å²) in [6.45, 7) is 1.13. The summed E-state index contributed by atoms with van der Waals surface area (Å²) in [5, 5.41) is 9.79. The Morgan fingerprint density at radius 2 is 2.00 bits per heavy atom. The summed E-state index contributed by atoms with van der Waals surface area (Å²) < 4.78 is 5.05. The molecule has 0 fully saturated rings. The SMILES string of the molecule is C[N+](C)(C)CCCOC(=O)[O-]. The number of hydrogen-bond donors (Lipinski definition) is 0. The number of ether oxygens (including phenoxy) is 1. The van der Waals surface area contributed by atoms with Crippen LogP contribution in [0.1, 0.15) is 6.42 Å². The van der Waals surface area contributed by atoms with Gasteiger partial charge in [0, 0.05) is 13.0 Å². The second-order valence-corrected chi connectivity index (χ2v) is 3.47. The normalized spacial score (nSPS) is 11.2. The van der Waals surface area contributed by atoms with E-state index >= 15 is 0 Å². The maximum absolute atomic E-state index is 9.79. The zero-order valence-corrected chi connectivity index (χ0v) is 7.29. The molecule has 0 amide bonds. The summed E-state index contributed by atoms with van der Waals surface area (Å²) in [5.74, 6) is 0. The standard InChI is InChI=1S/C7H15NO3/c1-8(2,3)5-4-6-11-7(9)10/h4-6H2,1-3H3. The third-order valence-corrected chi connectivity index (χ3v) is 1.19. The van der Waals surface area contributed by atoms with Gasteiger partial charge in [-0.2, -0.15) is 0 Å². The third kappa shape index (κ3) is 9.23. The van der Waals surface area contributed by atoms with Crippen molar-refractivity contribution in [3.63, 3.8) is 0 Å². The van der Waals surface area contributed by atoms with E-state index in [1.807, 2.05) is 21.1 Å². The second kappa shape index (κ2) is 4.18. The van der Waals surface area contributed by atoms with Gasteiger partial charge in [-0.25, -0.2) is 0 Å². The van der Waals surface area contributed by atoms with Gasteiger partial charge >= 0.3 is 0 Å². The molecule has 66 valence electrons. The van der Waals surface area contributed by atoms with Crippen molar-refractivity contribution in [2.24, 2.45) is 0 Å². The lowest BCUT2D eigenvalue weighted by Crippen LogP contribution is -2.36. The molecule has 0 heterocycles. The molecule has 4 nitrogen and oxygen atoms in total. The maximum atomic E-state index is 9.79. The first kappa shape index (κ1) is 10.2. The van der Waals surface area contributed by atoms with Gasteiger partial charge in [0.1, 0.15) is 0 Å². The molecule has 4 heteroatoms. The topological polar surface area (TPSA) is 49.4 Å². The fraction of sp³-hybridized carbons (Fsp3) is 0.857. The molecule has 0 saturated heterocycles. The fourth-order valence-electron chi connectivity index (χ4n) is 0.694. The summed E-state index contributed by atoms with van der Waals surface area (Å²) in [4.78, 5) is 9.79. The molecule has 0 aromatic carbocycles. The summed E-state index contributed by atoms with van der Waals surface area (Å²) in [7, 11) is 6.12. The lowest BCUT2D eigenvalue weighted by molar-refractivity contribution is -0.870. The zero-order chi connectivity index (χ0) is 8.91. The smallest absolute Gasteiger partial charge is 0.251 e. The van der Waals surface area contributed by atoms with Crippen LogP contribution in [0.15, 0.2) is 0 Å². The van der Waals surface area contributed by atoms with Crippen molar-refractivity contribution >= 4 is 6.16 Å². The van der Waals surface area contributed by atoms with Gasteiger partial charge in [-0.05, 0) is 0 Å². The molecular formula is C7H15NO3. The minimum Gasteiger partial charge on any atom is -0.549 e. The van der Waals surface area contributed by atoms with Crippen LogP contribution in [0.25, 0.3) is 0 Å². The Balaban J connectivity index is 3.22. The third-order valence-electron chi connectivity index (χ3n) is 1.19. The van der Waals surface area contributed by atoms with Crippen LogP contribution in [-0.4, -0.2) is 44.9 Å². The van der Waals surface area contributed by atoms with Gasteiger partial charge in [-0.3, -0.25) is 0 Å². The number of nitrogens with zero attached hydrogens (tertiary/aromatic N) is 1. The van der Waals surface area contributed by atoms with Crippen molar-refractivity contribution in [1.82, 2.24) is 0 Å². The Kier molecular flexibility index (Phi) is 3.89. The van der Waals surface area contributed by atoms with Crippen molar-refractivity contribution in [2.75, 3.05) is 34.3 Å². The van der Waals surface area contributed by atoms with E-state index in [0.29, 0.717) is 0 Å². The Labute approximate surface area is 67.0 Å². The van der Waals surface area contributed by atoms with Crippen molar-refractivity contribution in [3.8, 4) is 0 Å². The van der Waals surface area contributed by atoms with Crippen LogP contribution in [0.4, 0.5) is 4.79 Å². The monoisotopic (exact) mass is 161 g/mol. The fourth-order valence-corrected chi connectivity index (χ4v) is 0.694. The van der Waals surface area contributed by atoms with Crippen molar-refractivity contribution in [3.05, 3.63) is 0 Å². The first-order valence-corrected chi connectivity index (χ1v) is 3.56. The highest BCUT2D eigenvalue weighted by Gasteiger charge is 2.04. The van der Waals surface area contributed by atoms with E-state index in [0.717, 1.165) is 17.4 Å². The molecule has 0 atom stereocenters. The van der Waals surface area contributed by atoms with Crippen molar-refractivity contribution in [1.29, 1.82) is 0 Å². The van der Waals surface area contributed by atoms with E-state index < -0.39 is 6.16 Å². The largest absolute Gasteiger partial charge is 0.549 e. The molecule has 0 bridgehead atoms. The average Bonchev–Trinajstić information content (AvgIpc) is 1.78. The number of hydrogen-bond acceptors (Lipinski definition) is 3. The Hall–Kier alpha value is -0.770. The van der Waals surface area contributed by atoms with Crippen LogP contribution in [0.2, 0.25) is 0 Å². The van der Waals surface area contributed by atoms with Crippen molar-refractivity contribution < 1.29 is 19.1 Å². The molecule has 0 radical (unpaired) electrons. The predicted octanol–water partition coefficient (Wildman–Crippen LogP) is -0.557. The molecule has 0 unspecified atom stereocenters. The van der Waals surface area contributed by atoms with Crippen LogP contribution in [0.5, 0.6) is 0 Å². The molecule has 0 aliphatic heterocycles. The highest BCUT2D eigenvalue weighted by Crippen LogP contribution is 1.93. The lowest BCUT2D eigenvalue weighted by Gasteiger charge is -2.24. The molecule has 0 rings (SSSR count). The van der Waals surface area contributed by atoms with E-state index in [9.17, 15) is 9.90 Å². The summed E-state index contributed by atoms with van der Waals surface area (Å²) in [6, 6.07) is 0. The average molecular weight is 161 g/mol. The lowest BCUT2D eigenvalue weighted by atomic mass is 10.4. The molecule has 0 N–H and O–H groups in total. The van der Waals surface area contributed by atoms with Crippen LogP contribution >= 0.6 is 0 Å². The van der Waals surface area contributed by atoms with Gasteiger partial charge in [0.05, 0.1) is 27.7 Å². The molecule has 0 aliphatic rings. The quantitative estimate of drug-likeness (QED) is 0.315. The number of carboxylic acid groups (broad SMARTS) is 1. The molecule has 0 spiro atoms. The van der Waals surface area contributed by atoms with Gasteiger partial charge in [0.25, 0.3) is 6.16 Å². The molecule has 0 aromatic rings. The first-order valence-electron chi connectivity index (χ1n) is 3.56. The minimum atomic E-state index is -1.44. The Bertz CT molecular complexity index is 128. The molecule has 0 aromatic heterocycles. The first-order chi connectivity index (χ1) is 4.92. The number of carbonyl (C=O) groups is 1. The van der Waals surface area contributed by atoms with Gasteiger partial charge in [0.2, 0.25) is 0 Å². The molecule has 0 saturated carbocycles. The molecule has 0 aliphatic carbocycles. The van der Waals surface area contributed by atoms with Crippen LogP contribution in [0.3, 0.4) is 0 Å². The van der Waals surface area contributed by atoms with Gasteiger partial charge < -0.3 is 19.1 Å². The van der Waals surface area contributed by atoms with Crippen LogP contribution in [-0.2, 0) is 4.74 Å². The zero-order valence-electron chi connectivity index (χ0n) is 7.29. The van der Waals surface area contributed by atoms with E-state index in [2.05, 4.69) is 4.74 Å². The number of quaternary nitrogens is 1. The van der Waals surface area contributed by atoms with Gasteiger partial charge in [0.15, 0.2) is 0 Å². The maximum Gasteiger partial charge on any atom is 0.251 e. The second-order valence-electron chi connectivity index (χ2n) is 3.47. The predicted molar refractivity (Wildman–Crippen MR) is 38.9 cm³/mol. The van der Waals surface area contributed by atoms with Crippen LogP contribution in [0, 0.1) is 0 Å². The minimum absolute atomic E-state index is 0.234. The van der Waals surface area contributed by atoms with Gasteiger partial charge in [-0.1, -0.05) is 0 Å².